The van der Waals surface area contributed by atoms with Crippen LogP contribution >= 0.6 is 11.6 Å². The standard InChI is InChI=1S/C21H21ClF2O4S/c1-2-20(25)28-16-9-11-21(12-10-16,18-13-15(23)5-8-19(18)24)29(26,27)17-6-3-14(22)4-7-17/h3-8,13,16H,2,9-12H2,1H3. The number of carbonyl (C=O) groups excluding carboxylic acids is 1. The molecule has 8 heteroatoms. The van der Waals surface area contributed by atoms with E-state index in [1.807, 2.05) is 0 Å². The first-order chi connectivity index (χ1) is 13.7. The fraction of sp³-hybridized carbons (Fsp3) is 0.381. The van der Waals surface area contributed by atoms with Crippen molar-refractivity contribution in [3.63, 3.8) is 0 Å². The van der Waals surface area contributed by atoms with Crippen LogP contribution in [0.4, 0.5) is 8.78 Å². The van der Waals surface area contributed by atoms with Crippen molar-refractivity contribution in [3.05, 3.63) is 64.7 Å². The Labute approximate surface area is 173 Å². The van der Waals surface area contributed by atoms with Crippen molar-refractivity contribution in [2.45, 2.75) is 54.8 Å². The minimum atomic E-state index is -4.10. The minimum Gasteiger partial charge on any atom is -0.462 e. The van der Waals surface area contributed by atoms with Gasteiger partial charge in [0.15, 0.2) is 9.84 Å². The van der Waals surface area contributed by atoms with Crippen molar-refractivity contribution in [2.75, 3.05) is 0 Å². The van der Waals surface area contributed by atoms with E-state index in [-0.39, 0.29) is 48.5 Å². The van der Waals surface area contributed by atoms with Gasteiger partial charge in [0.05, 0.1) is 4.90 Å². The maximum atomic E-state index is 14.7. The van der Waals surface area contributed by atoms with Gasteiger partial charge in [-0.05, 0) is 68.1 Å². The van der Waals surface area contributed by atoms with Crippen LogP contribution in [-0.2, 0) is 24.1 Å². The molecule has 1 saturated carbocycles. The quantitative estimate of drug-likeness (QED) is 0.598. The molecule has 0 heterocycles. The Hall–Kier alpha value is -1.99. The zero-order valence-corrected chi connectivity index (χ0v) is 17.4. The number of ether oxygens (including phenoxy) is 1. The highest BCUT2D eigenvalue weighted by Gasteiger charge is 2.50. The monoisotopic (exact) mass is 442 g/mol. The second kappa shape index (κ2) is 8.40. The van der Waals surface area contributed by atoms with E-state index in [0.717, 1.165) is 18.2 Å². The summed E-state index contributed by atoms with van der Waals surface area (Å²) in [4.78, 5) is 11.6. The first-order valence-corrected chi connectivity index (χ1v) is 11.2. The Balaban J connectivity index is 2.07. The summed E-state index contributed by atoms with van der Waals surface area (Å²) >= 11 is 5.87. The number of hydrogen-bond donors (Lipinski definition) is 0. The predicted molar refractivity (Wildman–Crippen MR) is 105 cm³/mol. The summed E-state index contributed by atoms with van der Waals surface area (Å²) < 4.78 is 59.6. The van der Waals surface area contributed by atoms with Crippen LogP contribution in [0.2, 0.25) is 5.02 Å². The van der Waals surface area contributed by atoms with Crippen molar-refractivity contribution < 1.29 is 26.7 Å². The van der Waals surface area contributed by atoms with Gasteiger partial charge in [0.25, 0.3) is 0 Å². The second-order valence-corrected chi connectivity index (χ2v) is 9.81. The van der Waals surface area contributed by atoms with E-state index in [2.05, 4.69) is 0 Å². The van der Waals surface area contributed by atoms with Crippen LogP contribution in [0, 0.1) is 11.6 Å². The fourth-order valence-corrected chi connectivity index (χ4v) is 6.10. The number of halogens is 3. The summed E-state index contributed by atoms with van der Waals surface area (Å²) in [5, 5.41) is 0.366. The topological polar surface area (TPSA) is 60.4 Å². The van der Waals surface area contributed by atoms with Gasteiger partial charge in [-0.25, -0.2) is 17.2 Å². The van der Waals surface area contributed by atoms with Crippen molar-refractivity contribution in [1.29, 1.82) is 0 Å². The summed E-state index contributed by atoms with van der Waals surface area (Å²) in [6, 6.07) is 8.45. The molecule has 0 spiro atoms. The summed E-state index contributed by atoms with van der Waals surface area (Å²) in [5.41, 5.74) is -0.201. The van der Waals surface area contributed by atoms with Crippen molar-refractivity contribution in [2.24, 2.45) is 0 Å². The molecule has 4 nitrogen and oxygen atoms in total. The minimum absolute atomic E-state index is 0.00000591. The number of hydrogen-bond acceptors (Lipinski definition) is 4. The van der Waals surface area contributed by atoms with E-state index < -0.39 is 32.3 Å². The van der Waals surface area contributed by atoms with Gasteiger partial charge in [-0.1, -0.05) is 18.5 Å². The molecule has 0 saturated heterocycles. The van der Waals surface area contributed by atoms with Gasteiger partial charge >= 0.3 is 5.97 Å². The van der Waals surface area contributed by atoms with Gasteiger partial charge in [-0.3, -0.25) is 4.79 Å². The van der Waals surface area contributed by atoms with E-state index in [1.54, 1.807) is 6.92 Å². The Bertz CT molecular complexity index is 998. The molecule has 0 amide bonds. The first-order valence-electron chi connectivity index (χ1n) is 9.35. The first kappa shape index (κ1) is 21.7. The smallest absolute Gasteiger partial charge is 0.305 e. The average Bonchev–Trinajstić information content (AvgIpc) is 2.70. The number of sulfone groups is 1. The lowest BCUT2D eigenvalue weighted by molar-refractivity contribution is -0.150. The Kier molecular flexibility index (Phi) is 6.29. The molecule has 0 aromatic heterocycles. The molecule has 29 heavy (non-hydrogen) atoms. The highest BCUT2D eigenvalue weighted by atomic mass is 35.5. The number of benzene rings is 2. The lowest BCUT2D eigenvalue weighted by Crippen LogP contribution is -2.42. The highest BCUT2D eigenvalue weighted by Crippen LogP contribution is 2.48. The molecule has 2 aromatic carbocycles. The van der Waals surface area contributed by atoms with Crippen molar-refractivity contribution >= 4 is 27.4 Å². The molecular weight excluding hydrogens is 422 g/mol. The summed E-state index contributed by atoms with van der Waals surface area (Å²) in [5.74, 6) is -1.88. The van der Waals surface area contributed by atoms with Crippen molar-refractivity contribution in [1.82, 2.24) is 0 Å². The molecule has 0 aliphatic heterocycles. The van der Waals surface area contributed by atoms with Crippen LogP contribution in [0.5, 0.6) is 0 Å². The van der Waals surface area contributed by atoms with Gasteiger partial charge in [-0.2, -0.15) is 0 Å². The molecule has 0 radical (unpaired) electrons. The summed E-state index contributed by atoms with van der Waals surface area (Å²) in [7, 11) is -4.10. The van der Waals surface area contributed by atoms with E-state index in [9.17, 15) is 22.0 Å². The Morgan fingerprint density at radius 1 is 1.14 bits per heavy atom. The van der Waals surface area contributed by atoms with Crippen LogP contribution in [0.1, 0.15) is 44.6 Å². The molecule has 0 unspecified atom stereocenters. The van der Waals surface area contributed by atoms with Gasteiger partial charge in [0, 0.05) is 17.0 Å². The van der Waals surface area contributed by atoms with Gasteiger partial charge in [0.2, 0.25) is 0 Å². The molecule has 0 bridgehead atoms. The number of carbonyl (C=O) groups is 1. The lowest BCUT2D eigenvalue weighted by Gasteiger charge is -2.39. The van der Waals surface area contributed by atoms with E-state index in [4.69, 9.17) is 16.3 Å². The van der Waals surface area contributed by atoms with E-state index >= 15 is 0 Å². The largest absolute Gasteiger partial charge is 0.462 e. The molecular formula is C21H21ClF2O4S. The third-order valence-corrected chi connectivity index (χ3v) is 8.19. The number of esters is 1. The van der Waals surface area contributed by atoms with Crippen molar-refractivity contribution in [3.8, 4) is 0 Å². The molecule has 2 aromatic rings. The molecule has 0 N–H and O–H groups in total. The van der Waals surface area contributed by atoms with Gasteiger partial charge in [0.1, 0.15) is 22.5 Å². The van der Waals surface area contributed by atoms with Gasteiger partial charge in [-0.15, -0.1) is 0 Å². The van der Waals surface area contributed by atoms with Crippen LogP contribution in [0.15, 0.2) is 47.4 Å². The SMILES string of the molecule is CCC(=O)OC1CCC(c2cc(F)ccc2F)(S(=O)(=O)c2ccc(Cl)cc2)CC1. The van der Waals surface area contributed by atoms with E-state index in [1.165, 1.54) is 24.3 Å². The normalized spacial score (nSPS) is 22.3. The third-order valence-electron chi connectivity index (χ3n) is 5.38. The van der Waals surface area contributed by atoms with Gasteiger partial charge < -0.3 is 4.74 Å². The van der Waals surface area contributed by atoms with Crippen LogP contribution < -0.4 is 0 Å². The molecule has 1 fully saturated rings. The predicted octanol–water partition coefficient (Wildman–Crippen LogP) is 5.18. The molecule has 0 atom stereocenters. The number of rotatable bonds is 5. The second-order valence-electron chi connectivity index (χ2n) is 7.12. The maximum Gasteiger partial charge on any atom is 0.305 e. The Morgan fingerprint density at radius 2 is 1.76 bits per heavy atom. The zero-order chi connectivity index (χ0) is 21.2. The fourth-order valence-electron chi connectivity index (χ4n) is 3.81. The van der Waals surface area contributed by atoms with Crippen LogP contribution in [0.25, 0.3) is 0 Å². The summed E-state index contributed by atoms with van der Waals surface area (Å²) in [6.07, 6.45) is 0.222. The van der Waals surface area contributed by atoms with E-state index in [0.29, 0.717) is 5.02 Å². The maximum absolute atomic E-state index is 14.7. The highest BCUT2D eigenvalue weighted by molar-refractivity contribution is 7.92. The third kappa shape index (κ3) is 4.16. The average molecular weight is 443 g/mol. The van der Waals surface area contributed by atoms with Crippen LogP contribution in [0.3, 0.4) is 0 Å². The molecule has 1 aliphatic rings. The summed E-state index contributed by atoms with van der Waals surface area (Å²) in [6.45, 7) is 1.67. The molecule has 156 valence electrons. The molecule has 3 rings (SSSR count). The Morgan fingerprint density at radius 3 is 2.34 bits per heavy atom. The molecule has 1 aliphatic carbocycles. The lowest BCUT2D eigenvalue weighted by atomic mass is 9.81. The van der Waals surface area contributed by atoms with Crippen LogP contribution in [-0.4, -0.2) is 20.5 Å². The zero-order valence-electron chi connectivity index (χ0n) is 15.8.